The summed E-state index contributed by atoms with van der Waals surface area (Å²) in [5.74, 6) is -0.147. The van der Waals surface area contributed by atoms with Crippen LogP contribution in [0.1, 0.15) is 31.5 Å². The molecular formula is C24H29NO4S. The third-order valence-corrected chi connectivity index (χ3v) is 6.24. The minimum absolute atomic E-state index is 0.333. The Balaban J connectivity index is 1.61. The highest BCUT2D eigenvalue weighted by Gasteiger charge is 2.37. The standard InChI is InChI=1S/C24H29NO4S/c1-4-24(23(26)27,29-5-2)17-19-9-11-20(12-10-19)28-15-14-25-18(3)8-13-21(25)22-7-6-16-30-22/h6-13,16H,4-5,14-15,17H2,1-3H3,(H,26,27). The molecule has 0 fully saturated rings. The van der Waals surface area contributed by atoms with Crippen LogP contribution in [0.5, 0.6) is 5.75 Å². The van der Waals surface area contributed by atoms with Crippen molar-refractivity contribution >= 4 is 17.3 Å². The van der Waals surface area contributed by atoms with Gasteiger partial charge in [-0.2, -0.15) is 0 Å². The molecule has 0 aliphatic carbocycles. The third-order valence-electron chi connectivity index (χ3n) is 5.35. The molecule has 160 valence electrons. The second-order valence-electron chi connectivity index (χ2n) is 7.24. The van der Waals surface area contributed by atoms with Gasteiger partial charge in [0.2, 0.25) is 0 Å². The molecule has 0 aliphatic rings. The normalized spacial score (nSPS) is 13.2. The molecule has 2 heterocycles. The van der Waals surface area contributed by atoms with Crippen LogP contribution in [0.4, 0.5) is 0 Å². The van der Waals surface area contributed by atoms with Crippen molar-refractivity contribution in [1.29, 1.82) is 0 Å². The van der Waals surface area contributed by atoms with Gasteiger partial charge in [-0.3, -0.25) is 0 Å². The first-order valence-electron chi connectivity index (χ1n) is 10.3. The van der Waals surface area contributed by atoms with Gasteiger partial charge < -0.3 is 19.1 Å². The zero-order chi connectivity index (χ0) is 21.6. The van der Waals surface area contributed by atoms with Gasteiger partial charge in [-0.05, 0) is 61.5 Å². The Morgan fingerprint density at radius 3 is 2.50 bits per heavy atom. The van der Waals surface area contributed by atoms with Gasteiger partial charge in [0.1, 0.15) is 12.4 Å². The average molecular weight is 428 g/mol. The Morgan fingerprint density at radius 2 is 1.90 bits per heavy atom. The maximum absolute atomic E-state index is 11.8. The van der Waals surface area contributed by atoms with E-state index in [0.717, 1.165) is 17.9 Å². The Hall–Kier alpha value is -2.57. The fraction of sp³-hybridized carbons (Fsp3) is 0.375. The predicted octanol–water partition coefficient (Wildman–Crippen LogP) is 5.42. The number of carbonyl (C=O) groups is 1. The minimum Gasteiger partial charge on any atom is -0.492 e. The minimum atomic E-state index is -1.18. The lowest BCUT2D eigenvalue weighted by Crippen LogP contribution is -2.43. The Labute approximate surface area is 181 Å². The lowest BCUT2D eigenvalue weighted by atomic mass is 9.91. The van der Waals surface area contributed by atoms with Crippen LogP contribution in [-0.4, -0.2) is 34.5 Å². The molecule has 1 aromatic carbocycles. The van der Waals surface area contributed by atoms with Gasteiger partial charge in [0.05, 0.1) is 17.1 Å². The summed E-state index contributed by atoms with van der Waals surface area (Å²) in [5, 5.41) is 11.7. The number of aryl methyl sites for hydroxylation is 1. The van der Waals surface area contributed by atoms with Crippen LogP contribution >= 0.6 is 11.3 Å². The number of hydrogen-bond donors (Lipinski definition) is 1. The van der Waals surface area contributed by atoms with Crippen molar-refractivity contribution in [3.8, 4) is 16.3 Å². The first-order valence-corrected chi connectivity index (χ1v) is 11.2. The van der Waals surface area contributed by atoms with Crippen LogP contribution < -0.4 is 4.74 Å². The summed E-state index contributed by atoms with van der Waals surface area (Å²) in [6.07, 6.45) is 0.747. The highest BCUT2D eigenvalue weighted by molar-refractivity contribution is 7.13. The molecular weight excluding hydrogens is 398 g/mol. The maximum Gasteiger partial charge on any atom is 0.336 e. The molecule has 0 spiro atoms. The monoisotopic (exact) mass is 427 g/mol. The first kappa shape index (κ1) is 22.1. The van der Waals surface area contributed by atoms with Gasteiger partial charge in [-0.25, -0.2) is 4.79 Å². The molecule has 5 nitrogen and oxygen atoms in total. The van der Waals surface area contributed by atoms with Crippen LogP contribution in [0, 0.1) is 6.92 Å². The molecule has 3 rings (SSSR count). The topological polar surface area (TPSA) is 60.7 Å². The number of carboxylic acids is 1. The average Bonchev–Trinajstić information content (AvgIpc) is 3.39. The zero-order valence-corrected chi connectivity index (χ0v) is 18.6. The molecule has 1 atom stereocenters. The van der Waals surface area contributed by atoms with E-state index < -0.39 is 11.6 Å². The van der Waals surface area contributed by atoms with E-state index in [0.29, 0.717) is 26.1 Å². The summed E-state index contributed by atoms with van der Waals surface area (Å²) in [5.41, 5.74) is 2.16. The SMILES string of the molecule is CCOC(CC)(Cc1ccc(OCCn2c(C)ccc2-c2cccs2)cc1)C(=O)O. The van der Waals surface area contributed by atoms with Crippen molar-refractivity contribution in [2.24, 2.45) is 0 Å². The number of hydrogen-bond acceptors (Lipinski definition) is 4. The fourth-order valence-electron chi connectivity index (χ4n) is 3.64. The molecule has 30 heavy (non-hydrogen) atoms. The van der Waals surface area contributed by atoms with Crippen LogP contribution in [0.25, 0.3) is 10.6 Å². The lowest BCUT2D eigenvalue weighted by molar-refractivity contribution is -0.166. The molecule has 0 saturated carbocycles. The molecule has 0 radical (unpaired) electrons. The molecule has 0 amide bonds. The van der Waals surface area contributed by atoms with Gasteiger partial charge in [0.25, 0.3) is 0 Å². The maximum atomic E-state index is 11.8. The van der Waals surface area contributed by atoms with Crippen LogP contribution in [0.15, 0.2) is 53.9 Å². The van der Waals surface area contributed by atoms with Gasteiger partial charge in [0, 0.05) is 18.7 Å². The van der Waals surface area contributed by atoms with Gasteiger partial charge in [-0.15, -0.1) is 11.3 Å². The Bertz CT molecular complexity index is 946. The summed E-state index contributed by atoms with van der Waals surface area (Å²) in [4.78, 5) is 13.0. The highest BCUT2D eigenvalue weighted by atomic mass is 32.1. The summed E-state index contributed by atoms with van der Waals surface area (Å²) in [7, 11) is 0. The van der Waals surface area contributed by atoms with E-state index in [2.05, 4.69) is 41.1 Å². The van der Waals surface area contributed by atoms with E-state index in [-0.39, 0.29) is 0 Å². The molecule has 0 aliphatic heterocycles. The number of nitrogens with zero attached hydrogens (tertiary/aromatic N) is 1. The second-order valence-corrected chi connectivity index (χ2v) is 8.19. The van der Waals surface area contributed by atoms with Crippen LogP contribution in [-0.2, 0) is 22.5 Å². The van der Waals surface area contributed by atoms with Crippen molar-refractivity contribution in [2.45, 2.75) is 45.8 Å². The summed E-state index contributed by atoms with van der Waals surface area (Å²) in [6.45, 7) is 7.45. The molecule has 6 heteroatoms. The van der Waals surface area contributed by atoms with Gasteiger partial charge >= 0.3 is 5.97 Å². The second kappa shape index (κ2) is 9.96. The Morgan fingerprint density at radius 1 is 1.13 bits per heavy atom. The van der Waals surface area contributed by atoms with Crippen LogP contribution in [0.3, 0.4) is 0 Å². The van der Waals surface area contributed by atoms with Crippen molar-refractivity contribution in [3.05, 3.63) is 65.2 Å². The van der Waals surface area contributed by atoms with E-state index in [1.54, 1.807) is 11.3 Å². The van der Waals surface area contributed by atoms with Gasteiger partial charge in [-0.1, -0.05) is 25.1 Å². The number of carboxylic acid groups (broad SMARTS) is 1. The largest absolute Gasteiger partial charge is 0.492 e. The molecule has 3 aromatic rings. The van der Waals surface area contributed by atoms with Gasteiger partial charge in [0.15, 0.2) is 5.60 Å². The van der Waals surface area contributed by atoms with Crippen molar-refractivity contribution in [1.82, 2.24) is 4.57 Å². The zero-order valence-electron chi connectivity index (χ0n) is 17.8. The van der Waals surface area contributed by atoms with E-state index >= 15 is 0 Å². The number of benzene rings is 1. The number of ether oxygens (including phenoxy) is 2. The lowest BCUT2D eigenvalue weighted by Gasteiger charge is -2.28. The summed E-state index contributed by atoms with van der Waals surface area (Å²) in [6, 6.07) is 16.1. The van der Waals surface area contributed by atoms with Crippen molar-refractivity contribution in [3.63, 3.8) is 0 Å². The highest BCUT2D eigenvalue weighted by Crippen LogP contribution is 2.27. The predicted molar refractivity (Wildman–Crippen MR) is 120 cm³/mol. The van der Waals surface area contributed by atoms with E-state index in [1.165, 1.54) is 16.3 Å². The molecule has 1 N–H and O–H groups in total. The van der Waals surface area contributed by atoms with Crippen molar-refractivity contribution < 1.29 is 19.4 Å². The summed E-state index contributed by atoms with van der Waals surface area (Å²) >= 11 is 1.73. The quantitative estimate of drug-likeness (QED) is 0.444. The van der Waals surface area contributed by atoms with Crippen LogP contribution in [0.2, 0.25) is 0 Å². The molecule has 2 aromatic heterocycles. The Kier molecular flexibility index (Phi) is 7.34. The molecule has 0 saturated heterocycles. The number of aliphatic carboxylic acids is 1. The number of rotatable bonds is 11. The fourth-order valence-corrected chi connectivity index (χ4v) is 4.40. The number of thiophene rings is 1. The smallest absolute Gasteiger partial charge is 0.336 e. The summed E-state index contributed by atoms with van der Waals surface area (Å²) < 4.78 is 13.8. The molecule has 1 unspecified atom stereocenters. The molecule has 0 bridgehead atoms. The first-order chi connectivity index (χ1) is 14.5. The van der Waals surface area contributed by atoms with E-state index in [9.17, 15) is 9.90 Å². The number of aromatic nitrogens is 1. The van der Waals surface area contributed by atoms with Crippen molar-refractivity contribution in [2.75, 3.05) is 13.2 Å². The third kappa shape index (κ3) is 4.94. The van der Waals surface area contributed by atoms with E-state index in [4.69, 9.17) is 9.47 Å². The van der Waals surface area contributed by atoms with E-state index in [1.807, 2.05) is 38.1 Å².